The van der Waals surface area contributed by atoms with Gasteiger partial charge in [-0.05, 0) is 0 Å². The van der Waals surface area contributed by atoms with Crippen LogP contribution in [0.5, 0.6) is 0 Å². The zero-order chi connectivity index (χ0) is 50.4. The molecule has 0 fully saturated rings. The van der Waals surface area contributed by atoms with Gasteiger partial charge in [-0.3, -0.25) is 0 Å². The number of hydrogen-bond acceptors (Lipinski definition) is 9. The molecule has 0 aromatic carbocycles. The summed E-state index contributed by atoms with van der Waals surface area (Å²) in [6.07, 6.45) is -11.2. The highest BCUT2D eigenvalue weighted by atomic mass is 19.4. The van der Waals surface area contributed by atoms with E-state index in [0.717, 1.165) is 0 Å². The lowest BCUT2D eigenvalue weighted by Gasteiger charge is -2.45. The third-order valence-electron chi connectivity index (χ3n) is 7.76. The molecule has 0 aliphatic rings. The summed E-state index contributed by atoms with van der Waals surface area (Å²) in [5.41, 5.74) is 0. The molecular formula is C30H37F25O9. The van der Waals surface area contributed by atoms with Crippen LogP contribution in [-0.2, 0) is 37.9 Å². The Hall–Kier alpha value is -2.11. The summed E-state index contributed by atoms with van der Waals surface area (Å²) in [4.78, 5) is 0. The lowest BCUT2D eigenvalue weighted by molar-refractivity contribution is -0.482. The first-order valence-electron chi connectivity index (χ1n) is 17.3. The molecule has 0 unspecified atom stereocenters. The van der Waals surface area contributed by atoms with Crippen LogP contribution in [0.3, 0.4) is 0 Å². The first-order chi connectivity index (χ1) is 28.8. The summed E-state index contributed by atoms with van der Waals surface area (Å²) in [5.74, 6) is -98.7. The molecule has 0 spiro atoms. The molecule has 0 saturated carbocycles. The molecule has 0 aromatic rings. The summed E-state index contributed by atoms with van der Waals surface area (Å²) >= 11 is 0. The maximum absolute atomic E-state index is 14.1. The van der Waals surface area contributed by atoms with Crippen LogP contribution in [-0.4, -0.2) is 189 Å². The van der Waals surface area contributed by atoms with E-state index < -0.39 is 97.6 Å². The molecule has 64 heavy (non-hydrogen) atoms. The van der Waals surface area contributed by atoms with Crippen molar-refractivity contribution >= 4 is 0 Å². The Labute approximate surface area is 343 Å². The van der Waals surface area contributed by atoms with Crippen molar-refractivity contribution in [2.45, 2.75) is 77.7 Å². The van der Waals surface area contributed by atoms with Gasteiger partial charge in [0.15, 0.2) is 0 Å². The van der Waals surface area contributed by atoms with Gasteiger partial charge < -0.3 is 43.0 Å². The molecular weight excluding hydrogens is 979 g/mol. The molecule has 0 aliphatic carbocycles. The van der Waals surface area contributed by atoms with Crippen molar-refractivity contribution in [1.82, 2.24) is 0 Å². The number of ether oxygens (including phenoxy) is 8. The molecule has 0 bridgehead atoms. The number of halogens is 25. The molecule has 0 aliphatic heterocycles. The summed E-state index contributed by atoms with van der Waals surface area (Å²) in [7, 11) is 0. The standard InChI is InChI=1S/C30H37F25O9/c31-19(32,1-3-57-5-7-59-9-11-61-13-15-63-17-18-64-16-14-62-12-10-60-8-6-58-4-2-56)20(33,34)21(35,36)22(37,38)23(39,40)24(41,42)25(43,44)26(45,46)27(47,48)28(49,50)29(51,52)30(53,54)55/h56H,1-18H2. The Morgan fingerprint density at radius 1 is 0.219 bits per heavy atom. The van der Waals surface area contributed by atoms with Gasteiger partial charge in [-0.2, -0.15) is 110 Å². The minimum Gasteiger partial charge on any atom is -0.394 e. The fraction of sp³-hybridized carbons (Fsp3) is 1.00. The van der Waals surface area contributed by atoms with Crippen LogP contribution in [0.25, 0.3) is 0 Å². The smallest absolute Gasteiger partial charge is 0.394 e. The highest BCUT2D eigenvalue weighted by molar-refractivity contribution is 5.19. The second-order valence-electron chi connectivity index (χ2n) is 12.3. The van der Waals surface area contributed by atoms with Gasteiger partial charge in [0.1, 0.15) is 0 Å². The molecule has 1 N–H and O–H groups in total. The Morgan fingerprint density at radius 3 is 0.594 bits per heavy atom. The Kier molecular flexibility index (Phi) is 23.0. The molecule has 0 radical (unpaired) electrons. The van der Waals surface area contributed by atoms with Gasteiger partial charge in [0.05, 0.1) is 112 Å². The minimum atomic E-state index is -9.63. The Bertz CT molecular complexity index is 1340. The van der Waals surface area contributed by atoms with E-state index in [1.807, 2.05) is 0 Å². The largest absolute Gasteiger partial charge is 0.460 e. The first kappa shape index (κ1) is 61.9. The van der Waals surface area contributed by atoms with Crippen molar-refractivity contribution in [3.8, 4) is 0 Å². The van der Waals surface area contributed by atoms with E-state index in [2.05, 4.69) is 4.74 Å². The van der Waals surface area contributed by atoms with Crippen molar-refractivity contribution in [1.29, 1.82) is 0 Å². The predicted molar refractivity (Wildman–Crippen MR) is 159 cm³/mol. The minimum absolute atomic E-state index is 0.0266. The van der Waals surface area contributed by atoms with E-state index in [-0.39, 0.29) is 72.7 Å². The second kappa shape index (κ2) is 23.8. The zero-order valence-corrected chi connectivity index (χ0v) is 31.9. The fourth-order valence-electron chi connectivity index (χ4n) is 4.05. The second-order valence-corrected chi connectivity index (χ2v) is 12.3. The average Bonchev–Trinajstić information content (AvgIpc) is 3.16. The van der Waals surface area contributed by atoms with E-state index in [1.165, 1.54) is 0 Å². The normalized spacial score (nSPS) is 15.1. The predicted octanol–water partition coefficient (Wildman–Crippen LogP) is 8.05. The van der Waals surface area contributed by atoms with Crippen molar-refractivity contribution in [2.75, 3.05) is 112 Å². The third kappa shape index (κ3) is 13.3. The monoisotopic (exact) mass is 1020 g/mol. The van der Waals surface area contributed by atoms with Crippen LogP contribution in [0.1, 0.15) is 6.42 Å². The van der Waals surface area contributed by atoms with Crippen LogP contribution in [0.2, 0.25) is 0 Å². The third-order valence-corrected chi connectivity index (χ3v) is 7.76. The molecule has 0 rings (SSSR count). The molecule has 9 nitrogen and oxygen atoms in total. The Balaban J connectivity index is 5.07. The van der Waals surface area contributed by atoms with Crippen molar-refractivity contribution < 1.29 is 153 Å². The van der Waals surface area contributed by atoms with Crippen molar-refractivity contribution in [3.05, 3.63) is 0 Å². The highest BCUT2D eigenvalue weighted by Gasteiger charge is 2.99. The average molecular weight is 1020 g/mol. The van der Waals surface area contributed by atoms with E-state index >= 15 is 0 Å². The van der Waals surface area contributed by atoms with Crippen molar-refractivity contribution in [2.24, 2.45) is 0 Å². The summed E-state index contributed by atoms with van der Waals surface area (Å²) in [6, 6.07) is 0. The highest BCUT2D eigenvalue weighted by Crippen LogP contribution is 2.67. The number of aliphatic hydroxyl groups is 1. The molecule has 0 aromatic heterocycles. The van der Waals surface area contributed by atoms with Crippen molar-refractivity contribution in [3.63, 3.8) is 0 Å². The molecule has 0 saturated heterocycles. The maximum atomic E-state index is 14.1. The SMILES string of the molecule is OCCOCCOCCOCCOCCOCCOCCOCCOCCC(F)(F)C(F)(F)C(F)(F)C(F)(F)C(F)(F)C(F)(F)C(F)(F)C(F)(F)C(F)(F)C(F)(F)C(F)(F)C(F)(F)F. The van der Waals surface area contributed by atoms with Gasteiger partial charge in [-0.1, -0.05) is 0 Å². The van der Waals surface area contributed by atoms with E-state index in [4.69, 9.17) is 38.3 Å². The maximum Gasteiger partial charge on any atom is 0.460 e. The number of aliphatic hydroxyl groups excluding tert-OH is 1. The summed E-state index contributed by atoms with van der Waals surface area (Å²) in [6.45, 7) is -2.00. The van der Waals surface area contributed by atoms with Gasteiger partial charge >= 0.3 is 71.3 Å². The number of alkyl halides is 25. The molecule has 386 valence electrons. The van der Waals surface area contributed by atoms with E-state index in [0.29, 0.717) is 19.8 Å². The molecule has 0 heterocycles. The fourth-order valence-corrected chi connectivity index (χ4v) is 4.05. The summed E-state index contributed by atoms with van der Waals surface area (Å²) < 4.78 is 379. The van der Waals surface area contributed by atoms with Gasteiger partial charge in [-0.25, -0.2) is 0 Å². The van der Waals surface area contributed by atoms with Gasteiger partial charge in [-0.15, -0.1) is 0 Å². The summed E-state index contributed by atoms with van der Waals surface area (Å²) in [5, 5.41) is 8.53. The van der Waals surface area contributed by atoms with Gasteiger partial charge in [0, 0.05) is 6.42 Å². The van der Waals surface area contributed by atoms with Gasteiger partial charge in [0.2, 0.25) is 0 Å². The van der Waals surface area contributed by atoms with Crippen LogP contribution >= 0.6 is 0 Å². The van der Waals surface area contributed by atoms with Crippen LogP contribution in [0.4, 0.5) is 110 Å². The lowest BCUT2D eigenvalue weighted by atomic mass is 9.84. The topological polar surface area (TPSA) is 94.1 Å². The van der Waals surface area contributed by atoms with Crippen LogP contribution in [0, 0.1) is 0 Å². The first-order valence-corrected chi connectivity index (χ1v) is 17.3. The van der Waals surface area contributed by atoms with Crippen LogP contribution < -0.4 is 0 Å². The quantitative estimate of drug-likeness (QED) is 0.0495. The lowest BCUT2D eigenvalue weighted by Crippen LogP contribution is -2.78. The number of rotatable bonds is 36. The number of hydrogen-bond donors (Lipinski definition) is 1. The van der Waals surface area contributed by atoms with Crippen LogP contribution in [0.15, 0.2) is 0 Å². The Morgan fingerprint density at radius 2 is 0.391 bits per heavy atom. The van der Waals surface area contributed by atoms with Gasteiger partial charge in [0.25, 0.3) is 0 Å². The van der Waals surface area contributed by atoms with E-state index in [9.17, 15) is 110 Å². The zero-order valence-electron chi connectivity index (χ0n) is 31.9. The molecule has 34 heteroatoms. The molecule has 0 atom stereocenters. The van der Waals surface area contributed by atoms with E-state index in [1.54, 1.807) is 0 Å². The molecule has 0 amide bonds.